The second kappa shape index (κ2) is 6.24. The molecule has 5 nitrogen and oxygen atoms in total. The third-order valence-corrected chi connectivity index (χ3v) is 5.99. The summed E-state index contributed by atoms with van der Waals surface area (Å²) >= 11 is 3.30. The number of benzene rings is 1. The molecule has 0 spiro atoms. The van der Waals surface area contributed by atoms with Gasteiger partial charge in [-0.15, -0.1) is 0 Å². The summed E-state index contributed by atoms with van der Waals surface area (Å²) in [7, 11) is -3.74. The molecule has 1 fully saturated rings. The number of carboxylic acid groups (broad SMARTS) is 1. The van der Waals surface area contributed by atoms with Gasteiger partial charge >= 0.3 is 5.97 Å². The highest BCUT2D eigenvalue weighted by Gasteiger charge is 2.37. The Balaban J connectivity index is 2.34. The molecule has 1 aromatic carbocycles. The predicted octanol–water partition coefficient (Wildman–Crippen LogP) is 2.21. The number of carboxylic acids is 1. The molecule has 7 heteroatoms. The quantitative estimate of drug-likeness (QED) is 0.834. The lowest BCUT2D eigenvalue weighted by Gasteiger charge is -2.31. The lowest BCUT2D eigenvalue weighted by molar-refractivity contribution is -0.142. The summed E-state index contributed by atoms with van der Waals surface area (Å²) in [5.41, 5.74) is 0.970. The predicted molar refractivity (Wildman–Crippen MR) is 78.2 cm³/mol. The largest absolute Gasteiger partial charge is 0.480 e. The van der Waals surface area contributed by atoms with Crippen LogP contribution < -0.4 is 0 Å². The summed E-state index contributed by atoms with van der Waals surface area (Å²) in [6, 6.07) is 5.55. The van der Waals surface area contributed by atoms with Gasteiger partial charge in [0.05, 0.1) is 4.90 Å². The molecule has 0 saturated carbocycles. The molecule has 1 saturated heterocycles. The second-order valence-corrected chi connectivity index (χ2v) is 7.19. The van der Waals surface area contributed by atoms with Crippen LogP contribution in [0, 0.1) is 0 Å². The van der Waals surface area contributed by atoms with Gasteiger partial charge in [-0.05, 0) is 37.0 Å². The Morgan fingerprint density at radius 1 is 1.30 bits per heavy atom. The van der Waals surface area contributed by atoms with Crippen molar-refractivity contribution in [3.63, 3.8) is 0 Å². The molecule has 1 aromatic rings. The Morgan fingerprint density at radius 2 is 1.95 bits per heavy atom. The molecule has 0 aromatic heterocycles. The Morgan fingerprint density at radius 3 is 2.50 bits per heavy atom. The maximum absolute atomic E-state index is 12.6. The number of carbonyl (C=O) groups is 1. The SMILES string of the molecule is O=C(O)C1CCCCN1S(=O)(=O)c1ccc(CBr)cc1. The van der Waals surface area contributed by atoms with Gasteiger partial charge in [0.2, 0.25) is 10.0 Å². The first kappa shape index (κ1) is 15.5. The molecule has 1 unspecified atom stereocenters. The molecule has 1 atom stereocenters. The average molecular weight is 362 g/mol. The van der Waals surface area contributed by atoms with Crippen molar-refractivity contribution in [2.24, 2.45) is 0 Å². The van der Waals surface area contributed by atoms with Gasteiger partial charge in [-0.2, -0.15) is 4.31 Å². The van der Waals surface area contributed by atoms with E-state index in [2.05, 4.69) is 15.9 Å². The highest BCUT2D eigenvalue weighted by molar-refractivity contribution is 9.08. The van der Waals surface area contributed by atoms with Gasteiger partial charge < -0.3 is 5.11 Å². The number of aliphatic carboxylic acids is 1. The molecule has 110 valence electrons. The van der Waals surface area contributed by atoms with Crippen LogP contribution in [0.1, 0.15) is 24.8 Å². The number of nitrogens with zero attached hydrogens (tertiary/aromatic N) is 1. The molecular weight excluding hydrogens is 346 g/mol. The number of piperidine rings is 1. The maximum Gasteiger partial charge on any atom is 0.322 e. The molecule has 0 bridgehead atoms. The molecule has 1 N–H and O–H groups in total. The zero-order chi connectivity index (χ0) is 14.8. The van der Waals surface area contributed by atoms with Crippen molar-refractivity contribution >= 4 is 31.9 Å². The summed E-state index contributed by atoms with van der Waals surface area (Å²) in [4.78, 5) is 11.4. The average Bonchev–Trinajstić information content (AvgIpc) is 2.47. The number of sulfonamides is 1. The van der Waals surface area contributed by atoms with Crippen LogP contribution in [-0.2, 0) is 20.1 Å². The third-order valence-electron chi connectivity index (χ3n) is 3.42. The van der Waals surface area contributed by atoms with Gasteiger partial charge in [0, 0.05) is 11.9 Å². The summed E-state index contributed by atoms with van der Waals surface area (Å²) in [5, 5.41) is 9.84. The zero-order valence-corrected chi connectivity index (χ0v) is 13.2. The van der Waals surface area contributed by atoms with Crippen LogP contribution in [0.25, 0.3) is 0 Å². The molecule has 1 heterocycles. The van der Waals surface area contributed by atoms with Crippen LogP contribution >= 0.6 is 15.9 Å². The van der Waals surface area contributed by atoms with Crippen LogP contribution in [0.4, 0.5) is 0 Å². The summed E-state index contributed by atoms with van der Waals surface area (Å²) in [6.07, 6.45) is 1.81. The van der Waals surface area contributed by atoms with Gasteiger partial charge in [0.25, 0.3) is 0 Å². The lowest BCUT2D eigenvalue weighted by atomic mass is 10.1. The minimum atomic E-state index is -3.74. The topological polar surface area (TPSA) is 74.7 Å². The van der Waals surface area contributed by atoms with Gasteiger partial charge in [-0.25, -0.2) is 8.42 Å². The normalized spacial score (nSPS) is 20.8. The van der Waals surface area contributed by atoms with E-state index in [0.717, 1.165) is 16.3 Å². The third kappa shape index (κ3) is 3.05. The lowest BCUT2D eigenvalue weighted by Crippen LogP contribution is -2.47. The molecule has 0 amide bonds. The fraction of sp³-hybridized carbons (Fsp3) is 0.462. The van der Waals surface area contributed by atoms with E-state index < -0.39 is 22.0 Å². The van der Waals surface area contributed by atoms with E-state index >= 15 is 0 Å². The number of hydrogen-bond donors (Lipinski definition) is 1. The van der Waals surface area contributed by atoms with Crippen molar-refractivity contribution in [3.8, 4) is 0 Å². The summed E-state index contributed by atoms with van der Waals surface area (Å²) in [5.74, 6) is -1.08. The highest BCUT2D eigenvalue weighted by Crippen LogP contribution is 2.26. The van der Waals surface area contributed by atoms with Gasteiger partial charge in [0.1, 0.15) is 6.04 Å². The maximum atomic E-state index is 12.6. The first-order valence-corrected chi connectivity index (χ1v) is 8.92. The van der Waals surface area contributed by atoms with Gasteiger partial charge in [-0.1, -0.05) is 28.1 Å². The first-order chi connectivity index (χ1) is 9.46. The van der Waals surface area contributed by atoms with Gasteiger partial charge in [0.15, 0.2) is 0 Å². The molecule has 1 aliphatic rings. The number of rotatable bonds is 4. The Labute approximate surface area is 126 Å². The smallest absolute Gasteiger partial charge is 0.322 e. The summed E-state index contributed by atoms with van der Waals surface area (Å²) < 4.78 is 26.2. The number of alkyl halides is 1. The van der Waals surface area contributed by atoms with E-state index in [0.29, 0.717) is 18.2 Å². The van der Waals surface area contributed by atoms with E-state index in [1.165, 1.54) is 12.1 Å². The van der Waals surface area contributed by atoms with Crippen LogP contribution in [0.3, 0.4) is 0 Å². The van der Waals surface area contributed by atoms with Crippen molar-refractivity contribution < 1.29 is 18.3 Å². The van der Waals surface area contributed by atoms with Crippen LogP contribution in [0.5, 0.6) is 0 Å². The van der Waals surface area contributed by atoms with Gasteiger partial charge in [-0.3, -0.25) is 4.79 Å². The van der Waals surface area contributed by atoms with E-state index in [9.17, 15) is 18.3 Å². The standard InChI is InChI=1S/C13H16BrNO4S/c14-9-10-4-6-11(7-5-10)20(18,19)15-8-2-1-3-12(15)13(16)17/h4-7,12H,1-3,8-9H2,(H,16,17). The molecule has 2 rings (SSSR count). The van der Waals surface area contributed by atoms with Crippen LogP contribution in [0.15, 0.2) is 29.2 Å². The zero-order valence-electron chi connectivity index (χ0n) is 10.8. The molecular formula is C13H16BrNO4S. The Bertz CT molecular complexity index is 585. The fourth-order valence-corrected chi connectivity index (χ4v) is 4.35. The van der Waals surface area contributed by atoms with Crippen molar-refractivity contribution in [3.05, 3.63) is 29.8 Å². The van der Waals surface area contributed by atoms with Crippen molar-refractivity contribution in [1.82, 2.24) is 4.31 Å². The number of halogens is 1. The molecule has 0 aliphatic carbocycles. The van der Waals surface area contributed by atoms with Crippen LogP contribution in [0.2, 0.25) is 0 Å². The van der Waals surface area contributed by atoms with E-state index in [1.54, 1.807) is 12.1 Å². The number of hydrogen-bond acceptors (Lipinski definition) is 3. The minimum Gasteiger partial charge on any atom is -0.480 e. The van der Waals surface area contributed by atoms with E-state index in [-0.39, 0.29) is 11.4 Å². The molecule has 20 heavy (non-hydrogen) atoms. The first-order valence-electron chi connectivity index (χ1n) is 6.36. The molecule has 0 radical (unpaired) electrons. The van der Waals surface area contributed by atoms with E-state index in [4.69, 9.17) is 0 Å². The highest BCUT2D eigenvalue weighted by atomic mass is 79.9. The fourth-order valence-electron chi connectivity index (χ4n) is 2.33. The second-order valence-electron chi connectivity index (χ2n) is 4.74. The van der Waals surface area contributed by atoms with Crippen molar-refractivity contribution in [2.75, 3.05) is 6.54 Å². The monoisotopic (exact) mass is 361 g/mol. The van der Waals surface area contributed by atoms with Crippen LogP contribution in [-0.4, -0.2) is 36.4 Å². The molecule has 1 aliphatic heterocycles. The Kier molecular flexibility index (Phi) is 4.82. The minimum absolute atomic E-state index is 0.148. The Hall–Kier alpha value is -0.920. The van der Waals surface area contributed by atoms with E-state index in [1.807, 2.05) is 0 Å². The van der Waals surface area contributed by atoms with Crippen molar-refractivity contribution in [2.45, 2.75) is 35.5 Å². The van der Waals surface area contributed by atoms with Crippen molar-refractivity contribution in [1.29, 1.82) is 0 Å². The summed E-state index contributed by atoms with van der Waals surface area (Å²) in [6.45, 7) is 0.263.